The normalized spacial score (nSPS) is 11.7. The number of anilines is 1. The van der Waals surface area contributed by atoms with Crippen LogP contribution in [0, 0.1) is 5.92 Å². The quantitative estimate of drug-likeness (QED) is 0.562. The van der Waals surface area contributed by atoms with Crippen LogP contribution in [0.2, 0.25) is 5.02 Å². The van der Waals surface area contributed by atoms with Crippen LogP contribution in [0.15, 0.2) is 48.5 Å². The lowest BCUT2D eigenvalue weighted by atomic mass is 9.88. The second-order valence-electron chi connectivity index (χ2n) is 6.53. The van der Waals surface area contributed by atoms with Gasteiger partial charge in [0.25, 0.3) is 5.91 Å². The minimum absolute atomic E-state index is 0.0137. The van der Waals surface area contributed by atoms with Crippen LogP contribution in [-0.2, 0) is 14.3 Å². The van der Waals surface area contributed by atoms with E-state index >= 15 is 0 Å². The van der Waals surface area contributed by atoms with Gasteiger partial charge in [0, 0.05) is 10.6 Å². The molecule has 0 heterocycles. The average Bonchev–Trinajstić information content (AvgIpc) is 2.62. The summed E-state index contributed by atoms with van der Waals surface area (Å²) in [4.78, 5) is 36.3. The Morgan fingerprint density at radius 1 is 1.04 bits per heavy atom. The molecule has 6 heteroatoms. The summed E-state index contributed by atoms with van der Waals surface area (Å²) in [5.74, 6) is -1.66. The van der Waals surface area contributed by atoms with Crippen molar-refractivity contribution in [3.63, 3.8) is 0 Å². The number of ether oxygens (including phenoxy) is 1. The fraction of sp³-hybridized carbons (Fsp3) is 0.286. The Morgan fingerprint density at radius 3 is 2.26 bits per heavy atom. The standard InChI is InChI=1S/C21H22ClNO4/c1-13(2)20(15-8-10-16(22)11-9-15)21(26)27-12-19(25)23-18-7-5-4-6-17(18)14(3)24/h4-11,13,20H,12H2,1-3H3,(H,23,25). The minimum atomic E-state index is -0.504. The van der Waals surface area contributed by atoms with Gasteiger partial charge < -0.3 is 10.1 Å². The number of para-hydroxylation sites is 1. The summed E-state index contributed by atoms with van der Waals surface area (Å²) in [5, 5.41) is 3.19. The number of carbonyl (C=O) groups is 3. The highest BCUT2D eigenvalue weighted by Gasteiger charge is 2.26. The smallest absolute Gasteiger partial charge is 0.314 e. The van der Waals surface area contributed by atoms with Crippen LogP contribution in [0.4, 0.5) is 5.69 Å². The molecule has 2 aromatic rings. The molecule has 5 nitrogen and oxygen atoms in total. The molecule has 1 amide bonds. The van der Waals surface area contributed by atoms with Crippen molar-refractivity contribution in [1.29, 1.82) is 0 Å². The molecule has 0 spiro atoms. The molecule has 0 fully saturated rings. The predicted molar refractivity (Wildman–Crippen MR) is 105 cm³/mol. The Bertz CT molecular complexity index is 830. The summed E-state index contributed by atoms with van der Waals surface area (Å²) < 4.78 is 5.22. The monoisotopic (exact) mass is 387 g/mol. The van der Waals surface area contributed by atoms with Gasteiger partial charge in [0.1, 0.15) is 0 Å². The Labute approximate surface area is 163 Å². The number of esters is 1. The van der Waals surface area contributed by atoms with Gasteiger partial charge in [-0.25, -0.2) is 0 Å². The Morgan fingerprint density at radius 2 is 1.67 bits per heavy atom. The van der Waals surface area contributed by atoms with E-state index in [1.165, 1.54) is 6.92 Å². The maximum Gasteiger partial charge on any atom is 0.314 e. The molecule has 1 N–H and O–H groups in total. The molecule has 0 radical (unpaired) electrons. The largest absolute Gasteiger partial charge is 0.455 e. The van der Waals surface area contributed by atoms with Crippen LogP contribution < -0.4 is 5.32 Å². The third-order valence-corrected chi connectivity index (χ3v) is 4.33. The molecule has 0 aliphatic carbocycles. The molecule has 0 aromatic heterocycles. The molecule has 27 heavy (non-hydrogen) atoms. The van der Waals surface area contributed by atoms with Crippen molar-refractivity contribution < 1.29 is 19.1 Å². The second kappa shape index (κ2) is 9.33. The third kappa shape index (κ3) is 5.66. The highest BCUT2D eigenvalue weighted by Crippen LogP contribution is 2.27. The van der Waals surface area contributed by atoms with Crippen molar-refractivity contribution in [3.8, 4) is 0 Å². The Balaban J connectivity index is 2.02. The molecular formula is C21H22ClNO4. The van der Waals surface area contributed by atoms with E-state index in [9.17, 15) is 14.4 Å². The number of carbonyl (C=O) groups excluding carboxylic acids is 3. The molecule has 0 saturated carbocycles. The first-order chi connectivity index (χ1) is 12.8. The first-order valence-corrected chi connectivity index (χ1v) is 8.99. The molecule has 0 aliphatic heterocycles. The van der Waals surface area contributed by atoms with E-state index in [-0.39, 0.29) is 11.7 Å². The highest BCUT2D eigenvalue weighted by atomic mass is 35.5. The van der Waals surface area contributed by atoms with Crippen LogP contribution in [0.5, 0.6) is 0 Å². The predicted octanol–water partition coefficient (Wildman–Crippen LogP) is 4.46. The van der Waals surface area contributed by atoms with Crippen LogP contribution in [-0.4, -0.2) is 24.3 Å². The van der Waals surface area contributed by atoms with E-state index in [2.05, 4.69) is 5.32 Å². The van der Waals surface area contributed by atoms with Gasteiger partial charge in [-0.3, -0.25) is 14.4 Å². The summed E-state index contributed by atoms with van der Waals surface area (Å²) in [7, 11) is 0. The van der Waals surface area contributed by atoms with Crippen molar-refractivity contribution in [1.82, 2.24) is 0 Å². The third-order valence-electron chi connectivity index (χ3n) is 4.08. The molecule has 142 valence electrons. The van der Waals surface area contributed by atoms with Crippen molar-refractivity contribution >= 4 is 34.9 Å². The minimum Gasteiger partial charge on any atom is -0.455 e. The summed E-state index contributed by atoms with van der Waals surface area (Å²) in [6, 6.07) is 13.7. The summed E-state index contributed by atoms with van der Waals surface area (Å²) in [6.07, 6.45) is 0. The van der Waals surface area contributed by atoms with Crippen LogP contribution in [0.1, 0.15) is 42.6 Å². The number of rotatable bonds is 7. The van der Waals surface area contributed by atoms with Crippen LogP contribution in [0.3, 0.4) is 0 Å². The van der Waals surface area contributed by atoms with Crippen molar-refractivity contribution in [2.75, 3.05) is 11.9 Å². The number of halogens is 1. The highest BCUT2D eigenvalue weighted by molar-refractivity contribution is 6.30. The summed E-state index contributed by atoms with van der Waals surface area (Å²) in [5.41, 5.74) is 1.57. The van der Waals surface area contributed by atoms with E-state index in [1.807, 2.05) is 13.8 Å². The first-order valence-electron chi connectivity index (χ1n) is 8.61. The lowest BCUT2D eigenvalue weighted by molar-refractivity contribution is -0.149. The lowest BCUT2D eigenvalue weighted by Crippen LogP contribution is -2.26. The maximum absolute atomic E-state index is 12.5. The Hall–Kier alpha value is -2.66. The van der Waals surface area contributed by atoms with Gasteiger partial charge in [0.15, 0.2) is 12.4 Å². The van der Waals surface area contributed by atoms with E-state index in [1.54, 1.807) is 48.5 Å². The number of nitrogens with one attached hydrogen (secondary N) is 1. The molecule has 2 rings (SSSR count). The van der Waals surface area contributed by atoms with Crippen LogP contribution in [0.25, 0.3) is 0 Å². The maximum atomic E-state index is 12.5. The average molecular weight is 388 g/mol. The first kappa shape index (κ1) is 20.6. The zero-order chi connectivity index (χ0) is 20.0. The second-order valence-corrected chi connectivity index (χ2v) is 6.97. The number of Topliss-reactive ketones (excluding diaryl/α,β-unsaturated/α-hetero) is 1. The number of amides is 1. The fourth-order valence-electron chi connectivity index (χ4n) is 2.78. The molecule has 0 saturated heterocycles. The van der Waals surface area contributed by atoms with Gasteiger partial charge in [0.2, 0.25) is 0 Å². The van der Waals surface area contributed by atoms with E-state index < -0.39 is 24.4 Å². The number of benzene rings is 2. The van der Waals surface area contributed by atoms with E-state index in [0.29, 0.717) is 16.3 Å². The molecule has 0 aliphatic rings. The van der Waals surface area contributed by atoms with E-state index in [0.717, 1.165) is 5.56 Å². The van der Waals surface area contributed by atoms with E-state index in [4.69, 9.17) is 16.3 Å². The van der Waals surface area contributed by atoms with Gasteiger partial charge in [-0.15, -0.1) is 0 Å². The van der Waals surface area contributed by atoms with Crippen molar-refractivity contribution in [2.45, 2.75) is 26.7 Å². The summed E-state index contributed by atoms with van der Waals surface area (Å²) >= 11 is 5.90. The SMILES string of the molecule is CC(=O)c1ccccc1NC(=O)COC(=O)C(c1ccc(Cl)cc1)C(C)C. The van der Waals surface area contributed by atoms with Gasteiger partial charge in [-0.05, 0) is 42.7 Å². The van der Waals surface area contributed by atoms with Gasteiger partial charge >= 0.3 is 5.97 Å². The van der Waals surface area contributed by atoms with Crippen LogP contribution >= 0.6 is 11.6 Å². The Kier molecular flexibility index (Phi) is 7.13. The molecule has 0 bridgehead atoms. The number of ketones is 1. The molecule has 1 unspecified atom stereocenters. The van der Waals surface area contributed by atoms with Gasteiger partial charge in [-0.2, -0.15) is 0 Å². The fourth-order valence-corrected chi connectivity index (χ4v) is 2.90. The molecular weight excluding hydrogens is 366 g/mol. The lowest BCUT2D eigenvalue weighted by Gasteiger charge is -2.20. The zero-order valence-electron chi connectivity index (χ0n) is 15.5. The van der Waals surface area contributed by atoms with Crippen molar-refractivity contribution in [3.05, 3.63) is 64.7 Å². The van der Waals surface area contributed by atoms with Crippen molar-refractivity contribution in [2.24, 2.45) is 5.92 Å². The topological polar surface area (TPSA) is 72.5 Å². The zero-order valence-corrected chi connectivity index (χ0v) is 16.2. The summed E-state index contributed by atoms with van der Waals surface area (Å²) in [6.45, 7) is 4.81. The number of hydrogen-bond donors (Lipinski definition) is 1. The number of hydrogen-bond acceptors (Lipinski definition) is 4. The molecule has 1 atom stereocenters. The van der Waals surface area contributed by atoms with Gasteiger partial charge in [-0.1, -0.05) is 49.7 Å². The molecule has 2 aromatic carbocycles. The van der Waals surface area contributed by atoms with Gasteiger partial charge in [0.05, 0.1) is 11.6 Å².